The molecule has 16 heavy (non-hydrogen) atoms. The van der Waals surface area contributed by atoms with Gasteiger partial charge in [-0.15, -0.1) is 10.2 Å². The monoisotopic (exact) mass is 244 g/mol. The van der Waals surface area contributed by atoms with E-state index in [0.717, 1.165) is 0 Å². The third kappa shape index (κ3) is 3.81. The van der Waals surface area contributed by atoms with Gasteiger partial charge in [0.25, 0.3) is 0 Å². The molecule has 0 saturated heterocycles. The van der Waals surface area contributed by atoms with E-state index in [0.29, 0.717) is 18.1 Å². The van der Waals surface area contributed by atoms with Crippen molar-refractivity contribution in [1.29, 1.82) is 0 Å². The molecule has 0 aliphatic carbocycles. The third-order valence-corrected chi connectivity index (χ3v) is 2.29. The Hall–Kier alpha value is -1.70. The van der Waals surface area contributed by atoms with E-state index in [1.165, 1.54) is 21.7 Å². The van der Waals surface area contributed by atoms with Crippen molar-refractivity contribution in [1.82, 2.24) is 15.1 Å². The Morgan fingerprint density at radius 3 is 2.88 bits per heavy atom. The van der Waals surface area contributed by atoms with E-state index in [9.17, 15) is 9.59 Å². The molecule has 7 nitrogen and oxygen atoms in total. The van der Waals surface area contributed by atoms with Gasteiger partial charge >= 0.3 is 12.0 Å². The fourth-order valence-electron chi connectivity index (χ4n) is 1.08. The predicted octanol–water partition coefficient (Wildman–Crippen LogP) is 0.867. The lowest BCUT2D eigenvalue weighted by Crippen LogP contribution is -2.39. The fraction of sp³-hybridized carbons (Fsp3) is 0.500. The highest BCUT2D eigenvalue weighted by Crippen LogP contribution is 2.09. The van der Waals surface area contributed by atoms with Gasteiger partial charge in [0.05, 0.1) is 0 Å². The second kappa shape index (κ2) is 6.01. The van der Waals surface area contributed by atoms with Crippen molar-refractivity contribution < 1.29 is 14.7 Å². The summed E-state index contributed by atoms with van der Waals surface area (Å²) in [7, 11) is 0. The van der Waals surface area contributed by atoms with E-state index >= 15 is 0 Å². The third-order valence-electron chi connectivity index (χ3n) is 1.68. The number of hydrogen-bond donors (Lipinski definition) is 2. The van der Waals surface area contributed by atoms with Crippen molar-refractivity contribution >= 4 is 28.5 Å². The number of anilines is 1. The van der Waals surface area contributed by atoms with Crippen molar-refractivity contribution in [3.63, 3.8) is 0 Å². The van der Waals surface area contributed by atoms with Crippen LogP contribution in [-0.4, -0.2) is 45.3 Å². The molecule has 1 heterocycles. The van der Waals surface area contributed by atoms with Crippen LogP contribution in [-0.2, 0) is 4.79 Å². The molecule has 1 rings (SSSR count). The maximum Gasteiger partial charge on any atom is 0.324 e. The average Bonchev–Trinajstić information content (AvgIpc) is 2.69. The van der Waals surface area contributed by atoms with Crippen molar-refractivity contribution in [3.8, 4) is 0 Å². The molecule has 1 aromatic heterocycles. The molecule has 1 aromatic rings. The Morgan fingerprint density at radius 1 is 1.62 bits per heavy atom. The normalized spacial score (nSPS) is 9.81. The van der Waals surface area contributed by atoms with Gasteiger partial charge in [0.1, 0.15) is 12.1 Å². The summed E-state index contributed by atoms with van der Waals surface area (Å²) in [5.74, 6) is -1.04. The Labute approximate surface area is 96.1 Å². The van der Waals surface area contributed by atoms with Crippen molar-refractivity contribution in [2.24, 2.45) is 0 Å². The molecule has 88 valence electrons. The average molecular weight is 244 g/mol. The molecule has 2 N–H and O–H groups in total. The maximum absolute atomic E-state index is 11.6. The molecule has 0 fully saturated rings. The van der Waals surface area contributed by atoms with Crippen molar-refractivity contribution in [2.75, 3.05) is 18.4 Å². The summed E-state index contributed by atoms with van der Waals surface area (Å²) in [5.41, 5.74) is 1.48. The molecule has 0 radical (unpaired) electrons. The van der Waals surface area contributed by atoms with E-state index in [2.05, 4.69) is 15.5 Å². The summed E-state index contributed by atoms with van der Waals surface area (Å²) in [6.07, 6.45) is 0.691. The van der Waals surface area contributed by atoms with Gasteiger partial charge in [0.15, 0.2) is 0 Å². The maximum atomic E-state index is 11.6. The number of rotatable bonds is 5. The number of carboxylic acid groups (broad SMARTS) is 1. The van der Waals surface area contributed by atoms with Gasteiger partial charge in [-0.3, -0.25) is 10.1 Å². The smallest absolute Gasteiger partial charge is 0.324 e. The number of carbonyl (C=O) groups excluding carboxylic acids is 1. The second-order valence-electron chi connectivity index (χ2n) is 2.99. The Kier molecular flexibility index (Phi) is 4.65. The minimum Gasteiger partial charge on any atom is -0.480 e. The van der Waals surface area contributed by atoms with Gasteiger partial charge in [-0.1, -0.05) is 18.3 Å². The molecule has 0 spiro atoms. The van der Waals surface area contributed by atoms with Crippen LogP contribution in [0.4, 0.5) is 9.93 Å². The van der Waals surface area contributed by atoms with Gasteiger partial charge in [-0.2, -0.15) is 0 Å². The summed E-state index contributed by atoms with van der Waals surface area (Å²) < 4.78 is 0. The molecule has 0 aliphatic rings. The van der Waals surface area contributed by atoms with Crippen LogP contribution >= 0.6 is 11.3 Å². The molecule has 0 aromatic carbocycles. The van der Waals surface area contributed by atoms with Crippen LogP contribution < -0.4 is 5.32 Å². The van der Waals surface area contributed by atoms with Crippen LogP contribution in [0, 0.1) is 0 Å². The zero-order chi connectivity index (χ0) is 12.0. The van der Waals surface area contributed by atoms with E-state index in [4.69, 9.17) is 5.11 Å². The number of nitrogens with zero attached hydrogens (tertiary/aromatic N) is 3. The SMILES string of the molecule is CCCN(CC(=O)O)C(=O)Nc1nncs1. The summed E-state index contributed by atoms with van der Waals surface area (Å²) in [6, 6.07) is -0.471. The zero-order valence-corrected chi connectivity index (χ0v) is 9.53. The molecule has 0 unspecified atom stereocenters. The van der Waals surface area contributed by atoms with Gasteiger partial charge in [-0.05, 0) is 6.42 Å². The molecule has 0 saturated carbocycles. The largest absolute Gasteiger partial charge is 0.480 e. The lowest BCUT2D eigenvalue weighted by molar-refractivity contribution is -0.137. The summed E-state index contributed by atoms with van der Waals surface area (Å²) in [4.78, 5) is 23.4. The number of amides is 2. The molecule has 8 heteroatoms. The van der Waals surface area contributed by atoms with Crippen LogP contribution in [0.2, 0.25) is 0 Å². The second-order valence-corrected chi connectivity index (χ2v) is 3.82. The zero-order valence-electron chi connectivity index (χ0n) is 8.71. The van der Waals surface area contributed by atoms with Gasteiger partial charge < -0.3 is 10.0 Å². The Balaban J connectivity index is 2.56. The van der Waals surface area contributed by atoms with E-state index in [1.54, 1.807) is 0 Å². The van der Waals surface area contributed by atoms with Gasteiger partial charge in [0, 0.05) is 6.54 Å². The number of carboxylic acids is 1. The first-order valence-corrected chi connectivity index (χ1v) is 5.55. The van der Waals surface area contributed by atoms with E-state index in [1.807, 2.05) is 6.92 Å². The minimum absolute atomic E-state index is 0.321. The highest BCUT2D eigenvalue weighted by atomic mass is 32.1. The van der Waals surface area contributed by atoms with Gasteiger partial charge in [0.2, 0.25) is 5.13 Å². The number of urea groups is 1. The number of carbonyl (C=O) groups is 2. The Bertz CT molecular complexity index is 354. The lowest BCUT2D eigenvalue weighted by Gasteiger charge is -2.19. The number of hydrogen-bond acceptors (Lipinski definition) is 5. The Morgan fingerprint density at radius 2 is 2.38 bits per heavy atom. The number of aliphatic carboxylic acids is 1. The predicted molar refractivity (Wildman–Crippen MR) is 58.4 cm³/mol. The van der Waals surface area contributed by atoms with Crippen LogP contribution in [0.3, 0.4) is 0 Å². The molecule has 2 amide bonds. The molecular weight excluding hydrogens is 232 g/mol. The molecular formula is C8H12N4O3S. The van der Waals surface area contributed by atoms with E-state index in [-0.39, 0.29) is 6.54 Å². The topological polar surface area (TPSA) is 95.4 Å². The lowest BCUT2D eigenvalue weighted by atomic mass is 10.4. The van der Waals surface area contributed by atoms with Gasteiger partial charge in [-0.25, -0.2) is 4.79 Å². The number of aromatic nitrogens is 2. The van der Waals surface area contributed by atoms with Crippen molar-refractivity contribution in [2.45, 2.75) is 13.3 Å². The summed E-state index contributed by atoms with van der Waals surface area (Å²) in [6.45, 7) is 1.93. The minimum atomic E-state index is -1.04. The quantitative estimate of drug-likeness (QED) is 0.801. The standard InChI is InChI=1S/C8H12N4O3S/c1-2-3-12(4-6(13)14)8(15)10-7-11-9-5-16-7/h5H,2-4H2,1H3,(H,13,14)(H,10,11,15). The summed E-state index contributed by atoms with van der Waals surface area (Å²) >= 11 is 1.18. The highest BCUT2D eigenvalue weighted by Gasteiger charge is 2.16. The molecule has 0 aliphatic heterocycles. The first-order chi connectivity index (χ1) is 7.63. The highest BCUT2D eigenvalue weighted by molar-refractivity contribution is 7.13. The fourth-order valence-corrected chi connectivity index (χ4v) is 1.52. The van der Waals surface area contributed by atoms with E-state index < -0.39 is 12.0 Å². The number of nitrogens with one attached hydrogen (secondary N) is 1. The first-order valence-electron chi connectivity index (χ1n) is 4.67. The van der Waals surface area contributed by atoms with Crippen LogP contribution in [0.15, 0.2) is 5.51 Å². The van der Waals surface area contributed by atoms with Crippen LogP contribution in [0.5, 0.6) is 0 Å². The van der Waals surface area contributed by atoms with Crippen LogP contribution in [0.1, 0.15) is 13.3 Å². The molecule has 0 bridgehead atoms. The van der Waals surface area contributed by atoms with Crippen molar-refractivity contribution in [3.05, 3.63) is 5.51 Å². The summed E-state index contributed by atoms with van der Waals surface area (Å²) in [5, 5.41) is 18.7. The van der Waals surface area contributed by atoms with Crippen LogP contribution in [0.25, 0.3) is 0 Å². The first kappa shape index (κ1) is 12.4. The molecule has 0 atom stereocenters.